The Balaban J connectivity index is 2.49. The standard InChI is InChI=1S/C19H27ClN2O8/c20-13-3-1-12(2-4-13)9-17(26)21-8-7-15(24)10-14(22(30)18(27)11-23)5-6-16(25)19(28)29/h1-4,14-16,23-25,30H,5-11H2,(H,21,26)(H,28,29). The fourth-order valence-corrected chi connectivity index (χ4v) is 2.88. The van der Waals surface area contributed by atoms with Crippen molar-refractivity contribution < 1.29 is 40.0 Å². The van der Waals surface area contributed by atoms with Gasteiger partial charge in [-0.3, -0.25) is 14.8 Å². The van der Waals surface area contributed by atoms with Gasteiger partial charge >= 0.3 is 5.97 Å². The maximum Gasteiger partial charge on any atom is 0.332 e. The summed E-state index contributed by atoms with van der Waals surface area (Å²) in [4.78, 5) is 34.2. The molecule has 0 fully saturated rings. The van der Waals surface area contributed by atoms with E-state index >= 15 is 0 Å². The highest BCUT2D eigenvalue weighted by molar-refractivity contribution is 6.30. The first-order valence-corrected chi connectivity index (χ1v) is 9.73. The van der Waals surface area contributed by atoms with E-state index in [0.29, 0.717) is 5.02 Å². The lowest BCUT2D eigenvalue weighted by atomic mass is 9.99. The van der Waals surface area contributed by atoms with Gasteiger partial charge in [-0.2, -0.15) is 0 Å². The Kier molecular flexibility index (Phi) is 11.3. The van der Waals surface area contributed by atoms with Crippen molar-refractivity contribution in [1.82, 2.24) is 10.4 Å². The Morgan fingerprint density at radius 1 is 1.07 bits per heavy atom. The van der Waals surface area contributed by atoms with Crippen molar-refractivity contribution in [2.75, 3.05) is 13.2 Å². The molecule has 3 unspecified atom stereocenters. The zero-order valence-electron chi connectivity index (χ0n) is 16.3. The molecule has 1 rings (SSSR count). The van der Waals surface area contributed by atoms with Gasteiger partial charge in [0.2, 0.25) is 5.91 Å². The summed E-state index contributed by atoms with van der Waals surface area (Å²) in [6.07, 6.45) is -2.98. The average molecular weight is 447 g/mol. The van der Waals surface area contributed by atoms with E-state index in [-0.39, 0.29) is 49.6 Å². The molecule has 0 heterocycles. The summed E-state index contributed by atoms with van der Waals surface area (Å²) in [6.45, 7) is -0.831. The van der Waals surface area contributed by atoms with E-state index in [9.17, 15) is 29.8 Å². The van der Waals surface area contributed by atoms with Crippen molar-refractivity contribution in [2.45, 2.75) is 50.4 Å². The Morgan fingerprint density at radius 2 is 1.70 bits per heavy atom. The van der Waals surface area contributed by atoms with E-state index in [0.717, 1.165) is 5.56 Å². The number of carboxylic acid groups (broad SMARTS) is 1. The third-order valence-electron chi connectivity index (χ3n) is 4.42. The highest BCUT2D eigenvalue weighted by Crippen LogP contribution is 2.16. The molecule has 0 spiro atoms. The number of halogens is 1. The number of nitrogens with one attached hydrogen (secondary N) is 1. The van der Waals surface area contributed by atoms with Crippen LogP contribution in [0, 0.1) is 0 Å². The molecular weight excluding hydrogens is 420 g/mol. The molecule has 0 bridgehead atoms. The zero-order valence-corrected chi connectivity index (χ0v) is 17.0. The normalized spacial score (nSPS) is 13.9. The van der Waals surface area contributed by atoms with Crippen molar-refractivity contribution >= 4 is 29.4 Å². The molecule has 0 aliphatic carbocycles. The first kappa shape index (κ1) is 25.8. The Labute approximate surface area is 178 Å². The van der Waals surface area contributed by atoms with Crippen LogP contribution in [0.15, 0.2) is 24.3 Å². The number of benzene rings is 1. The van der Waals surface area contributed by atoms with Crippen molar-refractivity contribution in [3.05, 3.63) is 34.9 Å². The molecular formula is C19H27ClN2O8. The summed E-state index contributed by atoms with van der Waals surface area (Å²) in [5, 5.41) is 50.5. The number of rotatable bonds is 13. The van der Waals surface area contributed by atoms with Gasteiger partial charge in [-0.15, -0.1) is 0 Å². The van der Waals surface area contributed by atoms with Crippen LogP contribution in [0.2, 0.25) is 5.02 Å². The number of aliphatic hydroxyl groups is 3. The predicted molar refractivity (Wildman–Crippen MR) is 106 cm³/mol. The van der Waals surface area contributed by atoms with E-state index in [1.807, 2.05) is 0 Å². The number of hydrogen-bond donors (Lipinski definition) is 6. The predicted octanol–water partition coefficient (Wildman–Crippen LogP) is -0.0558. The van der Waals surface area contributed by atoms with E-state index in [4.69, 9.17) is 21.8 Å². The van der Waals surface area contributed by atoms with Gasteiger partial charge in [-0.25, -0.2) is 9.86 Å². The number of carboxylic acids is 1. The van der Waals surface area contributed by atoms with Crippen LogP contribution in [-0.2, 0) is 20.8 Å². The summed E-state index contributed by atoms with van der Waals surface area (Å²) >= 11 is 5.79. The second-order valence-electron chi connectivity index (χ2n) is 6.81. The molecule has 0 radical (unpaired) electrons. The fourth-order valence-electron chi connectivity index (χ4n) is 2.75. The molecule has 0 saturated carbocycles. The molecule has 3 atom stereocenters. The number of hydrogen-bond acceptors (Lipinski definition) is 7. The lowest BCUT2D eigenvalue weighted by Crippen LogP contribution is -2.42. The molecule has 0 saturated heterocycles. The molecule has 1 aromatic carbocycles. The number of aliphatic carboxylic acids is 1. The van der Waals surface area contributed by atoms with Crippen LogP contribution < -0.4 is 5.32 Å². The van der Waals surface area contributed by atoms with E-state index in [1.54, 1.807) is 24.3 Å². The average Bonchev–Trinajstić information content (AvgIpc) is 2.71. The third-order valence-corrected chi connectivity index (χ3v) is 4.67. The molecule has 11 heteroatoms. The van der Waals surface area contributed by atoms with Crippen LogP contribution in [0.25, 0.3) is 0 Å². The maximum absolute atomic E-state index is 11.9. The van der Waals surface area contributed by atoms with Gasteiger partial charge < -0.3 is 25.7 Å². The minimum Gasteiger partial charge on any atom is -0.479 e. The summed E-state index contributed by atoms with van der Waals surface area (Å²) in [6, 6.07) is 5.77. The molecule has 30 heavy (non-hydrogen) atoms. The number of carbonyl (C=O) groups excluding carboxylic acids is 2. The number of aliphatic hydroxyl groups excluding tert-OH is 3. The Hall–Kier alpha value is -2.24. The molecule has 0 aliphatic rings. The maximum atomic E-state index is 11.9. The van der Waals surface area contributed by atoms with Crippen molar-refractivity contribution in [2.24, 2.45) is 0 Å². The third kappa shape index (κ3) is 9.51. The van der Waals surface area contributed by atoms with E-state index < -0.39 is 36.7 Å². The zero-order chi connectivity index (χ0) is 22.7. The fraction of sp³-hybridized carbons (Fsp3) is 0.526. The van der Waals surface area contributed by atoms with Crippen LogP contribution in [0.5, 0.6) is 0 Å². The van der Waals surface area contributed by atoms with Gasteiger partial charge in [0.1, 0.15) is 6.61 Å². The van der Waals surface area contributed by atoms with Gasteiger partial charge in [-0.05, 0) is 43.4 Å². The number of amides is 2. The summed E-state index contributed by atoms with van der Waals surface area (Å²) < 4.78 is 0. The first-order valence-electron chi connectivity index (χ1n) is 9.35. The number of hydroxylamine groups is 2. The second-order valence-corrected chi connectivity index (χ2v) is 7.25. The van der Waals surface area contributed by atoms with Gasteiger partial charge in [0, 0.05) is 11.6 Å². The minimum absolute atomic E-state index is 0.115. The number of carbonyl (C=O) groups is 3. The van der Waals surface area contributed by atoms with Crippen LogP contribution in [0.3, 0.4) is 0 Å². The first-order chi connectivity index (χ1) is 14.1. The highest BCUT2D eigenvalue weighted by Gasteiger charge is 2.26. The molecule has 0 aliphatic heterocycles. The van der Waals surface area contributed by atoms with Crippen LogP contribution in [0.1, 0.15) is 31.2 Å². The lowest BCUT2D eigenvalue weighted by molar-refractivity contribution is -0.182. The topological polar surface area (TPSA) is 168 Å². The van der Waals surface area contributed by atoms with Gasteiger partial charge in [0.25, 0.3) is 5.91 Å². The monoisotopic (exact) mass is 446 g/mol. The van der Waals surface area contributed by atoms with E-state index in [2.05, 4.69) is 5.32 Å². The molecule has 2 amide bonds. The van der Waals surface area contributed by atoms with Gasteiger partial charge in [0.05, 0.1) is 18.6 Å². The summed E-state index contributed by atoms with van der Waals surface area (Å²) in [7, 11) is 0. The smallest absolute Gasteiger partial charge is 0.332 e. The minimum atomic E-state index is -1.69. The van der Waals surface area contributed by atoms with Crippen LogP contribution in [-0.4, -0.2) is 79.9 Å². The Morgan fingerprint density at radius 3 is 2.27 bits per heavy atom. The SMILES string of the molecule is O=C(Cc1ccc(Cl)cc1)NCCC(O)CC(CCC(O)C(=O)O)N(O)C(=O)CO. The quantitative estimate of drug-likeness (QED) is 0.181. The molecule has 1 aromatic rings. The summed E-state index contributed by atoms with van der Waals surface area (Å²) in [5.74, 6) is -2.73. The van der Waals surface area contributed by atoms with Crippen molar-refractivity contribution in [3.63, 3.8) is 0 Å². The van der Waals surface area contributed by atoms with Crippen molar-refractivity contribution in [3.8, 4) is 0 Å². The van der Waals surface area contributed by atoms with Crippen molar-refractivity contribution in [1.29, 1.82) is 0 Å². The molecule has 10 nitrogen and oxygen atoms in total. The van der Waals surface area contributed by atoms with Gasteiger partial charge in [-0.1, -0.05) is 23.7 Å². The van der Waals surface area contributed by atoms with Gasteiger partial charge in [0.15, 0.2) is 6.10 Å². The molecule has 168 valence electrons. The summed E-state index contributed by atoms with van der Waals surface area (Å²) in [5.41, 5.74) is 0.771. The Bertz CT molecular complexity index is 700. The lowest BCUT2D eigenvalue weighted by Gasteiger charge is -2.28. The van der Waals surface area contributed by atoms with E-state index in [1.165, 1.54) is 0 Å². The molecule has 6 N–H and O–H groups in total. The second kappa shape index (κ2) is 13.1. The van der Waals surface area contributed by atoms with Crippen LogP contribution >= 0.6 is 11.6 Å². The molecule has 0 aromatic heterocycles. The largest absolute Gasteiger partial charge is 0.479 e. The highest BCUT2D eigenvalue weighted by atomic mass is 35.5. The van der Waals surface area contributed by atoms with Crippen LogP contribution in [0.4, 0.5) is 0 Å². The number of nitrogens with zero attached hydrogens (tertiary/aromatic N) is 1.